The van der Waals surface area contributed by atoms with Crippen LogP contribution in [-0.2, 0) is 17.8 Å². The van der Waals surface area contributed by atoms with Gasteiger partial charge in [-0.25, -0.2) is 9.98 Å². The molecule has 0 radical (unpaired) electrons. The number of methoxy groups -OCH3 is 1. The number of aliphatic imine (C=N–C) groups is 1. The van der Waals surface area contributed by atoms with Gasteiger partial charge in [-0.15, -0.1) is 35.3 Å². The van der Waals surface area contributed by atoms with Crippen LogP contribution >= 0.6 is 35.3 Å². The Morgan fingerprint density at radius 3 is 2.70 bits per heavy atom. The van der Waals surface area contributed by atoms with Crippen molar-refractivity contribution in [3.63, 3.8) is 0 Å². The van der Waals surface area contributed by atoms with Crippen molar-refractivity contribution in [1.82, 2.24) is 15.6 Å². The lowest BCUT2D eigenvalue weighted by molar-refractivity contribution is 0.145. The Morgan fingerprint density at radius 1 is 1.22 bits per heavy atom. The summed E-state index contributed by atoms with van der Waals surface area (Å²) in [5, 5.41) is 7.70. The first-order valence-electron chi connectivity index (χ1n) is 8.77. The zero-order chi connectivity index (χ0) is 18.8. The van der Waals surface area contributed by atoms with E-state index in [2.05, 4.69) is 41.6 Å². The third-order valence-corrected chi connectivity index (χ3v) is 4.53. The first-order chi connectivity index (χ1) is 12.6. The maximum atomic E-state index is 5.84. The molecular weight excluding hydrogens is 475 g/mol. The molecule has 1 aromatic carbocycles. The Labute approximate surface area is 182 Å². The molecule has 6 nitrogen and oxygen atoms in total. The van der Waals surface area contributed by atoms with Crippen molar-refractivity contribution in [2.45, 2.75) is 33.9 Å². The van der Waals surface area contributed by atoms with Gasteiger partial charge >= 0.3 is 0 Å². The van der Waals surface area contributed by atoms with E-state index in [4.69, 9.17) is 14.5 Å². The van der Waals surface area contributed by atoms with Gasteiger partial charge in [0, 0.05) is 30.3 Å². The van der Waals surface area contributed by atoms with Crippen LogP contribution in [0.4, 0.5) is 0 Å². The predicted molar refractivity (Wildman–Crippen MR) is 122 cm³/mol. The molecule has 0 unspecified atom stereocenters. The zero-order valence-electron chi connectivity index (χ0n) is 16.4. The van der Waals surface area contributed by atoms with E-state index in [9.17, 15) is 0 Å². The molecule has 0 bridgehead atoms. The standard InChI is InChI=1S/C19H28N4O2S.HI/c1-5-20-19(23-13-17-12-21-15(3)26-17)22-11-16-7-6-14(2)10-18(16)25-9-8-24-4;/h6-7,10,12H,5,8-9,11,13H2,1-4H3,(H2,20,22,23);1H. The Balaban J connectivity index is 0.00000364. The van der Waals surface area contributed by atoms with Crippen molar-refractivity contribution in [2.24, 2.45) is 4.99 Å². The average Bonchev–Trinajstić information content (AvgIpc) is 3.04. The van der Waals surface area contributed by atoms with Gasteiger partial charge in [-0.3, -0.25) is 0 Å². The Kier molecular flexibility index (Phi) is 11.3. The molecule has 0 aliphatic rings. The zero-order valence-corrected chi connectivity index (χ0v) is 19.5. The normalized spacial score (nSPS) is 11.0. The molecule has 1 aromatic heterocycles. The second kappa shape index (κ2) is 12.9. The van der Waals surface area contributed by atoms with E-state index < -0.39 is 0 Å². The first kappa shape index (κ1) is 23.6. The van der Waals surface area contributed by atoms with E-state index >= 15 is 0 Å². The number of benzene rings is 1. The lowest BCUT2D eigenvalue weighted by Gasteiger charge is -2.13. The number of nitrogens with one attached hydrogen (secondary N) is 2. The van der Waals surface area contributed by atoms with Gasteiger partial charge < -0.3 is 20.1 Å². The van der Waals surface area contributed by atoms with E-state index in [1.165, 1.54) is 4.88 Å². The summed E-state index contributed by atoms with van der Waals surface area (Å²) < 4.78 is 10.9. The highest BCUT2D eigenvalue weighted by Crippen LogP contribution is 2.21. The highest BCUT2D eigenvalue weighted by atomic mass is 127. The lowest BCUT2D eigenvalue weighted by atomic mass is 10.1. The fraction of sp³-hybridized carbons (Fsp3) is 0.474. The number of thiazole rings is 1. The quantitative estimate of drug-likeness (QED) is 0.236. The number of hydrogen-bond acceptors (Lipinski definition) is 5. The smallest absolute Gasteiger partial charge is 0.191 e. The number of rotatable bonds is 9. The van der Waals surface area contributed by atoms with Gasteiger partial charge in [-0.05, 0) is 32.4 Å². The Bertz CT molecular complexity index is 721. The van der Waals surface area contributed by atoms with Gasteiger partial charge in [-0.2, -0.15) is 0 Å². The molecule has 1 heterocycles. The fourth-order valence-corrected chi connectivity index (χ4v) is 3.06. The third-order valence-electron chi connectivity index (χ3n) is 3.62. The van der Waals surface area contributed by atoms with Gasteiger partial charge in [-0.1, -0.05) is 12.1 Å². The van der Waals surface area contributed by atoms with Crippen LogP contribution in [-0.4, -0.2) is 37.8 Å². The summed E-state index contributed by atoms with van der Waals surface area (Å²) in [4.78, 5) is 10.2. The number of halogens is 1. The van der Waals surface area contributed by atoms with Crippen LogP contribution in [0.15, 0.2) is 29.4 Å². The summed E-state index contributed by atoms with van der Waals surface area (Å²) in [7, 11) is 1.67. The van der Waals surface area contributed by atoms with E-state index in [0.717, 1.165) is 34.4 Å². The molecule has 0 amide bonds. The second-order valence-corrected chi connectivity index (χ2v) is 7.17. The maximum absolute atomic E-state index is 5.84. The average molecular weight is 504 g/mol. The molecule has 150 valence electrons. The number of aryl methyl sites for hydroxylation is 2. The second-order valence-electron chi connectivity index (χ2n) is 5.85. The van der Waals surface area contributed by atoms with Crippen molar-refractivity contribution in [3.8, 4) is 5.75 Å². The molecule has 8 heteroatoms. The summed E-state index contributed by atoms with van der Waals surface area (Å²) in [5.74, 6) is 1.64. The van der Waals surface area contributed by atoms with Crippen LogP contribution in [0, 0.1) is 13.8 Å². The lowest BCUT2D eigenvalue weighted by Crippen LogP contribution is -2.36. The van der Waals surface area contributed by atoms with Crippen molar-refractivity contribution in [3.05, 3.63) is 45.4 Å². The van der Waals surface area contributed by atoms with Crippen LogP contribution in [0.3, 0.4) is 0 Å². The van der Waals surface area contributed by atoms with Gasteiger partial charge in [0.25, 0.3) is 0 Å². The molecule has 0 spiro atoms. The summed E-state index contributed by atoms with van der Waals surface area (Å²) >= 11 is 1.69. The molecule has 27 heavy (non-hydrogen) atoms. The molecule has 2 N–H and O–H groups in total. The molecule has 0 aliphatic heterocycles. The van der Waals surface area contributed by atoms with Crippen molar-refractivity contribution >= 4 is 41.3 Å². The summed E-state index contributed by atoms with van der Waals surface area (Å²) in [6.07, 6.45) is 1.90. The minimum Gasteiger partial charge on any atom is -0.491 e. The number of ether oxygens (including phenoxy) is 2. The molecule has 2 aromatic rings. The molecule has 0 atom stereocenters. The Hall–Kier alpha value is -1.39. The van der Waals surface area contributed by atoms with Crippen LogP contribution in [0.1, 0.15) is 27.9 Å². The summed E-state index contributed by atoms with van der Waals surface area (Å²) in [5.41, 5.74) is 2.22. The topological polar surface area (TPSA) is 67.8 Å². The molecule has 0 saturated heterocycles. The largest absolute Gasteiger partial charge is 0.491 e. The van der Waals surface area contributed by atoms with Crippen molar-refractivity contribution in [2.75, 3.05) is 26.9 Å². The van der Waals surface area contributed by atoms with Crippen LogP contribution in [0.2, 0.25) is 0 Å². The van der Waals surface area contributed by atoms with Crippen LogP contribution < -0.4 is 15.4 Å². The number of nitrogens with zero attached hydrogens (tertiary/aromatic N) is 2. The van der Waals surface area contributed by atoms with E-state index in [1.807, 2.05) is 19.2 Å². The number of hydrogen-bond donors (Lipinski definition) is 2. The Morgan fingerprint density at radius 2 is 2.04 bits per heavy atom. The molecule has 2 rings (SSSR count). The van der Waals surface area contributed by atoms with Gasteiger partial charge in [0.1, 0.15) is 12.4 Å². The highest BCUT2D eigenvalue weighted by molar-refractivity contribution is 14.0. The molecular formula is C19H29IN4O2S. The fourth-order valence-electron chi connectivity index (χ4n) is 2.33. The highest BCUT2D eigenvalue weighted by Gasteiger charge is 2.06. The summed E-state index contributed by atoms with van der Waals surface area (Å²) in [6.45, 7) is 9.27. The van der Waals surface area contributed by atoms with E-state index in [0.29, 0.717) is 26.3 Å². The summed E-state index contributed by atoms with van der Waals surface area (Å²) in [6, 6.07) is 6.19. The molecule has 0 fully saturated rings. The number of aromatic nitrogens is 1. The SMILES string of the molecule is CCNC(=NCc1ccc(C)cc1OCCOC)NCc1cnc(C)s1.I. The van der Waals surface area contributed by atoms with Gasteiger partial charge in [0.15, 0.2) is 5.96 Å². The van der Waals surface area contributed by atoms with E-state index in [-0.39, 0.29) is 24.0 Å². The third kappa shape index (κ3) is 8.44. The molecule has 0 aliphatic carbocycles. The molecule has 0 saturated carbocycles. The minimum atomic E-state index is 0. The van der Waals surface area contributed by atoms with Crippen molar-refractivity contribution < 1.29 is 9.47 Å². The van der Waals surface area contributed by atoms with Crippen LogP contribution in [0.5, 0.6) is 5.75 Å². The predicted octanol–water partition coefficient (Wildman–Crippen LogP) is 3.66. The monoisotopic (exact) mass is 504 g/mol. The van der Waals surface area contributed by atoms with Crippen molar-refractivity contribution in [1.29, 1.82) is 0 Å². The maximum Gasteiger partial charge on any atom is 0.191 e. The number of guanidine groups is 1. The van der Waals surface area contributed by atoms with E-state index in [1.54, 1.807) is 18.4 Å². The van der Waals surface area contributed by atoms with Gasteiger partial charge in [0.2, 0.25) is 0 Å². The first-order valence-corrected chi connectivity index (χ1v) is 9.58. The van der Waals surface area contributed by atoms with Gasteiger partial charge in [0.05, 0.1) is 24.7 Å². The van der Waals surface area contributed by atoms with Crippen LogP contribution in [0.25, 0.3) is 0 Å². The minimum absolute atomic E-state index is 0.